The summed E-state index contributed by atoms with van der Waals surface area (Å²) in [5.74, 6) is 0.338. The van der Waals surface area contributed by atoms with E-state index in [0.29, 0.717) is 22.0 Å². The average Bonchev–Trinajstić information content (AvgIpc) is 3.20. The number of aromatic nitrogens is 2. The molecule has 0 aliphatic heterocycles. The maximum Gasteiger partial charge on any atom is 0.224 e. The standard InChI is InChI=1S/C20H18ClN3O3/c1-27-16-5-2-14(3-6-16)19(25)8-9-20(26)23-15-4-7-18(17(21)12-15)24-11-10-22-13-24/h2-7,10-13H,8-9H2,1H3,(H,23,26). The quantitative estimate of drug-likeness (QED) is 0.622. The molecule has 3 aromatic rings. The third kappa shape index (κ3) is 4.74. The topological polar surface area (TPSA) is 73.2 Å². The third-order valence-electron chi connectivity index (χ3n) is 4.01. The van der Waals surface area contributed by atoms with Gasteiger partial charge in [-0.25, -0.2) is 4.98 Å². The Hall–Kier alpha value is -3.12. The minimum atomic E-state index is -0.247. The Labute approximate surface area is 161 Å². The summed E-state index contributed by atoms with van der Waals surface area (Å²) in [7, 11) is 1.56. The van der Waals surface area contributed by atoms with Gasteiger partial charge in [0.1, 0.15) is 5.75 Å². The summed E-state index contributed by atoms with van der Waals surface area (Å²) in [6, 6.07) is 12.0. The maximum atomic E-state index is 12.2. The third-order valence-corrected chi connectivity index (χ3v) is 4.31. The summed E-state index contributed by atoms with van der Waals surface area (Å²) in [5, 5.41) is 3.25. The lowest BCUT2D eigenvalue weighted by atomic mass is 10.1. The molecule has 0 radical (unpaired) electrons. The summed E-state index contributed by atoms with van der Waals surface area (Å²) >= 11 is 6.27. The maximum absolute atomic E-state index is 12.2. The van der Waals surface area contributed by atoms with Crippen LogP contribution >= 0.6 is 11.6 Å². The molecule has 3 rings (SSSR count). The van der Waals surface area contributed by atoms with Gasteiger partial charge in [-0.3, -0.25) is 9.59 Å². The van der Waals surface area contributed by atoms with E-state index in [1.165, 1.54) is 0 Å². The Bertz CT molecular complexity index is 938. The number of ketones is 1. The second-order valence-corrected chi connectivity index (χ2v) is 6.24. The largest absolute Gasteiger partial charge is 0.497 e. The molecular weight excluding hydrogens is 366 g/mol. The minimum absolute atomic E-state index is 0.0890. The molecule has 1 heterocycles. The fraction of sp³-hybridized carbons (Fsp3) is 0.150. The molecular formula is C20H18ClN3O3. The van der Waals surface area contributed by atoms with Gasteiger partial charge < -0.3 is 14.6 Å². The fourth-order valence-corrected chi connectivity index (χ4v) is 2.85. The van der Waals surface area contributed by atoms with Crippen molar-refractivity contribution in [3.8, 4) is 11.4 Å². The smallest absolute Gasteiger partial charge is 0.224 e. The zero-order valence-corrected chi connectivity index (χ0v) is 15.4. The molecule has 138 valence electrons. The van der Waals surface area contributed by atoms with E-state index >= 15 is 0 Å². The Morgan fingerprint density at radius 2 is 1.93 bits per heavy atom. The second kappa shape index (κ2) is 8.51. The summed E-state index contributed by atoms with van der Waals surface area (Å²) in [6.45, 7) is 0. The number of amides is 1. The molecule has 0 aliphatic rings. The van der Waals surface area contributed by atoms with Crippen molar-refractivity contribution in [1.82, 2.24) is 9.55 Å². The van der Waals surface area contributed by atoms with Crippen LogP contribution in [0.5, 0.6) is 5.75 Å². The Morgan fingerprint density at radius 3 is 2.56 bits per heavy atom. The van der Waals surface area contributed by atoms with Gasteiger partial charge in [0.25, 0.3) is 0 Å². The van der Waals surface area contributed by atoms with Crippen molar-refractivity contribution in [3.05, 3.63) is 71.8 Å². The Balaban J connectivity index is 1.56. The van der Waals surface area contributed by atoms with E-state index in [9.17, 15) is 9.59 Å². The molecule has 0 fully saturated rings. The van der Waals surface area contributed by atoms with Gasteiger partial charge in [0.15, 0.2) is 5.78 Å². The highest BCUT2D eigenvalue weighted by atomic mass is 35.5. The summed E-state index contributed by atoms with van der Waals surface area (Å²) in [5.41, 5.74) is 1.89. The molecule has 0 atom stereocenters. The van der Waals surface area contributed by atoms with Crippen LogP contribution in [0.25, 0.3) is 5.69 Å². The van der Waals surface area contributed by atoms with Crippen LogP contribution in [0.2, 0.25) is 5.02 Å². The number of halogens is 1. The molecule has 0 spiro atoms. The minimum Gasteiger partial charge on any atom is -0.497 e. The van der Waals surface area contributed by atoms with E-state index in [1.807, 2.05) is 0 Å². The van der Waals surface area contributed by atoms with Crippen molar-refractivity contribution in [3.63, 3.8) is 0 Å². The molecule has 0 unspecified atom stereocenters. The molecule has 1 amide bonds. The lowest BCUT2D eigenvalue weighted by molar-refractivity contribution is -0.116. The van der Waals surface area contributed by atoms with Gasteiger partial charge >= 0.3 is 0 Å². The second-order valence-electron chi connectivity index (χ2n) is 5.84. The van der Waals surface area contributed by atoms with Crippen molar-refractivity contribution in [2.75, 3.05) is 12.4 Å². The molecule has 27 heavy (non-hydrogen) atoms. The number of ether oxygens (including phenoxy) is 1. The first-order valence-electron chi connectivity index (χ1n) is 8.32. The highest BCUT2D eigenvalue weighted by Gasteiger charge is 2.11. The van der Waals surface area contributed by atoms with Crippen molar-refractivity contribution in [1.29, 1.82) is 0 Å². The van der Waals surface area contributed by atoms with Crippen LogP contribution in [0.1, 0.15) is 23.2 Å². The summed E-state index contributed by atoms with van der Waals surface area (Å²) in [4.78, 5) is 28.3. The number of carbonyl (C=O) groups is 2. The highest BCUT2D eigenvalue weighted by Crippen LogP contribution is 2.24. The van der Waals surface area contributed by atoms with Crippen molar-refractivity contribution in [2.45, 2.75) is 12.8 Å². The molecule has 7 heteroatoms. The number of carbonyl (C=O) groups excluding carboxylic acids is 2. The monoisotopic (exact) mass is 383 g/mol. The first-order chi connectivity index (χ1) is 13.1. The van der Waals surface area contributed by atoms with Gasteiger partial charge in [0.05, 0.1) is 24.1 Å². The predicted molar refractivity (Wildman–Crippen MR) is 104 cm³/mol. The zero-order valence-electron chi connectivity index (χ0n) is 14.7. The number of hydrogen-bond acceptors (Lipinski definition) is 4. The van der Waals surface area contributed by atoms with E-state index in [4.69, 9.17) is 16.3 Å². The van der Waals surface area contributed by atoms with Crippen LogP contribution in [-0.4, -0.2) is 28.4 Å². The highest BCUT2D eigenvalue weighted by molar-refractivity contribution is 6.32. The van der Waals surface area contributed by atoms with E-state index in [-0.39, 0.29) is 24.5 Å². The van der Waals surface area contributed by atoms with Crippen LogP contribution < -0.4 is 10.1 Å². The van der Waals surface area contributed by atoms with Gasteiger partial charge in [-0.05, 0) is 42.5 Å². The first kappa shape index (κ1) is 18.7. The normalized spacial score (nSPS) is 10.4. The first-order valence-corrected chi connectivity index (χ1v) is 8.69. The van der Waals surface area contributed by atoms with E-state index in [1.54, 1.807) is 72.9 Å². The van der Waals surface area contributed by atoms with Gasteiger partial charge in [0, 0.05) is 36.5 Å². The van der Waals surface area contributed by atoms with Gasteiger partial charge in [-0.15, -0.1) is 0 Å². The van der Waals surface area contributed by atoms with E-state index < -0.39 is 0 Å². The van der Waals surface area contributed by atoms with Crippen LogP contribution in [0.3, 0.4) is 0 Å². The average molecular weight is 384 g/mol. The van der Waals surface area contributed by atoms with E-state index in [0.717, 1.165) is 5.69 Å². The number of nitrogens with one attached hydrogen (secondary N) is 1. The molecule has 0 bridgehead atoms. The molecule has 1 aromatic heterocycles. The molecule has 0 saturated heterocycles. The number of hydrogen-bond donors (Lipinski definition) is 1. The zero-order chi connectivity index (χ0) is 19.2. The number of Topliss-reactive ketones (excluding diaryl/α,β-unsaturated/α-hetero) is 1. The number of methoxy groups -OCH3 is 1. The van der Waals surface area contributed by atoms with Crippen LogP contribution in [0.4, 0.5) is 5.69 Å². The van der Waals surface area contributed by atoms with Crippen LogP contribution in [0, 0.1) is 0 Å². The fourth-order valence-electron chi connectivity index (χ4n) is 2.57. The molecule has 1 N–H and O–H groups in total. The molecule has 0 saturated carbocycles. The summed E-state index contributed by atoms with van der Waals surface area (Å²) < 4.78 is 6.84. The number of nitrogens with zero attached hydrogens (tertiary/aromatic N) is 2. The van der Waals surface area contributed by atoms with Crippen molar-refractivity contribution >= 4 is 29.0 Å². The number of rotatable bonds is 7. The van der Waals surface area contributed by atoms with E-state index in [2.05, 4.69) is 10.3 Å². The lowest BCUT2D eigenvalue weighted by Gasteiger charge is -2.09. The summed E-state index contributed by atoms with van der Waals surface area (Å²) in [6.07, 6.45) is 5.30. The molecule has 0 aliphatic carbocycles. The number of imidazole rings is 1. The van der Waals surface area contributed by atoms with Gasteiger partial charge in [0.2, 0.25) is 5.91 Å². The van der Waals surface area contributed by atoms with Gasteiger partial charge in [-0.2, -0.15) is 0 Å². The van der Waals surface area contributed by atoms with Gasteiger partial charge in [-0.1, -0.05) is 11.6 Å². The Kier molecular flexibility index (Phi) is 5.88. The molecule has 2 aromatic carbocycles. The lowest BCUT2D eigenvalue weighted by Crippen LogP contribution is -2.13. The predicted octanol–water partition coefficient (Wildman–Crippen LogP) is 4.14. The molecule has 6 nitrogen and oxygen atoms in total. The number of benzene rings is 2. The van der Waals surface area contributed by atoms with Crippen LogP contribution in [-0.2, 0) is 4.79 Å². The Morgan fingerprint density at radius 1 is 1.15 bits per heavy atom. The van der Waals surface area contributed by atoms with Crippen molar-refractivity contribution in [2.24, 2.45) is 0 Å². The van der Waals surface area contributed by atoms with Crippen molar-refractivity contribution < 1.29 is 14.3 Å². The van der Waals surface area contributed by atoms with Crippen LogP contribution in [0.15, 0.2) is 61.2 Å². The SMILES string of the molecule is COc1ccc(C(=O)CCC(=O)Nc2ccc(-n3ccnc3)c(Cl)c2)cc1. The number of anilines is 1.